The normalized spacial score (nSPS) is 10.4. The van der Waals surface area contributed by atoms with Gasteiger partial charge in [0.2, 0.25) is 0 Å². The number of aldehydes is 1. The molecule has 0 unspecified atom stereocenters. The van der Waals surface area contributed by atoms with Crippen molar-refractivity contribution in [3.05, 3.63) is 45.5 Å². The van der Waals surface area contributed by atoms with Crippen LogP contribution >= 0.6 is 11.3 Å². The van der Waals surface area contributed by atoms with Crippen LogP contribution in [-0.2, 0) is 6.42 Å². The number of rotatable bonds is 3. The number of hydrogen-bond acceptors (Lipinski definition) is 3. The fraction of sp³-hybridized carbons (Fsp3) is 0.182. The number of furan rings is 1. The van der Waals surface area contributed by atoms with Crippen molar-refractivity contribution < 1.29 is 9.21 Å². The molecule has 0 saturated carbocycles. The summed E-state index contributed by atoms with van der Waals surface area (Å²) in [6, 6.07) is 7.72. The van der Waals surface area contributed by atoms with Crippen molar-refractivity contribution in [1.82, 2.24) is 0 Å². The predicted octanol–water partition coefficient (Wildman–Crippen LogP) is 3.05. The van der Waals surface area contributed by atoms with Crippen molar-refractivity contribution in [3.63, 3.8) is 0 Å². The molecule has 0 spiro atoms. The van der Waals surface area contributed by atoms with E-state index in [2.05, 4.69) is 0 Å². The lowest BCUT2D eigenvalue weighted by atomic mass is 10.3. The van der Waals surface area contributed by atoms with Crippen molar-refractivity contribution in [2.75, 3.05) is 0 Å². The van der Waals surface area contributed by atoms with E-state index in [1.807, 2.05) is 31.2 Å². The van der Waals surface area contributed by atoms with Crippen LogP contribution in [-0.4, -0.2) is 6.29 Å². The van der Waals surface area contributed by atoms with Gasteiger partial charge in [0.25, 0.3) is 0 Å². The third kappa shape index (κ3) is 1.93. The van der Waals surface area contributed by atoms with Gasteiger partial charge in [-0.2, -0.15) is 0 Å². The summed E-state index contributed by atoms with van der Waals surface area (Å²) in [5.74, 6) is 1.87. The largest absolute Gasteiger partial charge is 0.466 e. The van der Waals surface area contributed by atoms with Crippen LogP contribution in [0.3, 0.4) is 0 Å². The second-order valence-electron chi connectivity index (χ2n) is 3.11. The zero-order chi connectivity index (χ0) is 9.97. The average Bonchev–Trinajstić information content (AvgIpc) is 2.76. The molecular weight excluding hydrogens is 196 g/mol. The van der Waals surface area contributed by atoms with E-state index in [9.17, 15) is 4.79 Å². The molecule has 2 aromatic rings. The molecule has 0 fully saturated rings. The number of carbonyl (C=O) groups excluding carboxylic acids is 1. The molecule has 0 aliphatic carbocycles. The third-order valence-corrected chi connectivity index (χ3v) is 2.95. The SMILES string of the molecule is Cc1ccc(Cc2ccc(C=O)s2)o1. The highest BCUT2D eigenvalue weighted by Gasteiger charge is 2.03. The smallest absolute Gasteiger partial charge is 0.160 e. The Labute approximate surface area is 86.2 Å². The topological polar surface area (TPSA) is 30.2 Å². The van der Waals surface area contributed by atoms with E-state index < -0.39 is 0 Å². The molecule has 3 heteroatoms. The first-order chi connectivity index (χ1) is 6.78. The molecule has 0 aliphatic heterocycles. The van der Waals surface area contributed by atoms with Gasteiger partial charge in [-0.05, 0) is 31.2 Å². The number of carbonyl (C=O) groups is 1. The molecule has 0 aliphatic rings. The van der Waals surface area contributed by atoms with Gasteiger partial charge in [0, 0.05) is 11.3 Å². The fourth-order valence-corrected chi connectivity index (χ4v) is 2.14. The van der Waals surface area contributed by atoms with Crippen LogP contribution in [0.25, 0.3) is 0 Å². The van der Waals surface area contributed by atoms with E-state index in [0.717, 1.165) is 34.0 Å². The first kappa shape index (κ1) is 9.21. The van der Waals surface area contributed by atoms with Gasteiger partial charge in [-0.3, -0.25) is 4.79 Å². The summed E-state index contributed by atoms with van der Waals surface area (Å²) in [5.41, 5.74) is 0. The number of hydrogen-bond donors (Lipinski definition) is 0. The van der Waals surface area contributed by atoms with E-state index in [4.69, 9.17) is 4.42 Å². The van der Waals surface area contributed by atoms with E-state index >= 15 is 0 Å². The Morgan fingerprint density at radius 2 is 2.21 bits per heavy atom. The molecule has 2 aromatic heterocycles. The van der Waals surface area contributed by atoms with Gasteiger partial charge in [-0.25, -0.2) is 0 Å². The fourth-order valence-electron chi connectivity index (χ4n) is 1.30. The molecule has 0 N–H and O–H groups in total. The summed E-state index contributed by atoms with van der Waals surface area (Å²) in [4.78, 5) is 12.4. The lowest BCUT2D eigenvalue weighted by Crippen LogP contribution is -1.78. The van der Waals surface area contributed by atoms with Gasteiger partial charge in [0.15, 0.2) is 6.29 Å². The molecule has 2 nitrogen and oxygen atoms in total. The third-order valence-electron chi connectivity index (χ3n) is 1.94. The highest BCUT2D eigenvalue weighted by atomic mass is 32.1. The maximum atomic E-state index is 10.5. The first-order valence-corrected chi connectivity index (χ1v) is 5.19. The summed E-state index contributed by atoms with van der Waals surface area (Å²) in [6.07, 6.45) is 1.65. The van der Waals surface area contributed by atoms with Crippen molar-refractivity contribution in [2.24, 2.45) is 0 Å². The molecule has 0 bridgehead atoms. The Bertz CT molecular complexity index is 440. The average molecular weight is 206 g/mol. The molecule has 0 radical (unpaired) electrons. The summed E-state index contributed by atoms with van der Waals surface area (Å²) < 4.78 is 5.45. The minimum Gasteiger partial charge on any atom is -0.466 e. The van der Waals surface area contributed by atoms with Crippen LogP contribution in [0.5, 0.6) is 0 Å². The van der Waals surface area contributed by atoms with Gasteiger partial charge < -0.3 is 4.42 Å². The summed E-state index contributed by atoms with van der Waals surface area (Å²) in [7, 11) is 0. The van der Waals surface area contributed by atoms with E-state index in [0.29, 0.717) is 0 Å². The highest BCUT2D eigenvalue weighted by Crippen LogP contribution is 2.19. The molecule has 14 heavy (non-hydrogen) atoms. The van der Waals surface area contributed by atoms with Gasteiger partial charge in [0.05, 0.1) is 4.88 Å². The van der Waals surface area contributed by atoms with Crippen LogP contribution in [0, 0.1) is 6.92 Å². The summed E-state index contributed by atoms with van der Waals surface area (Å²) >= 11 is 1.51. The van der Waals surface area contributed by atoms with Crippen molar-refractivity contribution >= 4 is 17.6 Å². The van der Waals surface area contributed by atoms with Crippen molar-refractivity contribution in [3.8, 4) is 0 Å². The zero-order valence-electron chi connectivity index (χ0n) is 7.82. The van der Waals surface area contributed by atoms with Crippen LogP contribution in [0.1, 0.15) is 26.1 Å². The summed E-state index contributed by atoms with van der Waals surface area (Å²) in [6.45, 7) is 1.93. The van der Waals surface area contributed by atoms with Crippen LogP contribution < -0.4 is 0 Å². The minimum atomic E-state index is 0.767. The van der Waals surface area contributed by atoms with E-state index in [1.54, 1.807) is 0 Å². The van der Waals surface area contributed by atoms with Gasteiger partial charge in [-0.15, -0.1) is 11.3 Å². The molecule has 0 saturated heterocycles. The Kier molecular flexibility index (Phi) is 2.50. The highest BCUT2D eigenvalue weighted by molar-refractivity contribution is 7.13. The quantitative estimate of drug-likeness (QED) is 0.722. The molecule has 72 valence electrons. The molecule has 0 aromatic carbocycles. The standard InChI is InChI=1S/C11H10O2S/c1-8-2-3-9(13-8)6-10-4-5-11(7-12)14-10/h2-5,7H,6H2,1H3. The Hall–Kier alpha value is -1.35. The lowest BCUT2D eigenvalue weighted by molar-refractivity contribution is 0.112. The Balaban J connectivity index is 2.14. The van der Waals surface area contributed by atoms with Crippen molar-refractivity contribution in [1.29, 1.82) is 0 Å². The maximum Gasteiger partial charge on any atom is 0.160 e. The Morgan fingerprint density at radius 1 is 1.36 bits per heavy atom. The zero-order valence-corrected chi connectivity index (χ0v) is 8.64. The van der Waals surface area contributed by atoms with Crippen LogP contribution in [0.2, 0.25) is 0 Å². The van der Waals surface area contributed by atoms with Crippen LogP contribution in [0.15, 0.2) is 28.7 Å². The number of aryl methyl sites for hydroxylation is 1. The van der Waals surface area contributed by atoms with Crippen molar-refractivity contribution in [2.45, 2.75) is 13.3 Å². The van der Waals surface area contributed by atoms with E-state index in [-0.39, 0.29) is 0 Å². The Morgan fingerprint density at radius 3 is 2.79 bits per heavy atom. The number of thiophene rings is 1. The predicted molar refractivity (Wildman–Crippen MR) is 56.0 cm³/mol. The molecule has 0 amide bonds. The van der Waals surface area contributed by atoms with Crippen LogP contribution in [0.4, 0.5) is 0 Å². The second kappa shape index (κ2) is 3.80. The molecule has 0 atom stereocenters. The molecule has 2 heterocycles. The van der Waals surface area contributed by atoms with Gasteiger partial charge >= 0.3 is 0 Å². The van der Waals surface area contributed by atoms with E-state index in [1.165, 1.54) is 11.3 Å². The monoisotopic (exact) mass is 206 g/mol. The lowest BCUT2D eigenvalue weighted by Gasteiger charge is -1.91. The first-order valence-electron chi connectivity index (χ1n) is 4.37. The second-order valence-corrected chi connectivity index (χ2v) is 4.31. The molecule has 2 rings (SSSR count). The maximum absolute atomic E-state index is 10.5. The summed E-state index contributed by atoms with van der Waals surface area (Å²) in [5, 5.41) is 0. The molecular formula is C11H10O2S. The minimum absolute atomic E-state index is 0.767. The van der Waals surface area contributed by atoms with Gasteiger partial charge in [0.1, 0.15) is 11.5 Å². The van der Waals surface area contributed by atoms with Gasteiger partial charge in [-0.1, -0.05) is 0 Å².